The van der Waals surface area contributed by atoms with Crippen molar-refractivity contribution in [1.29, 1.82) is 0 Å². The van der Waals surface area contributed by atoms with E-state index < -0.39 is 5.82 Å². The van der Waals surface area contributed by atoms with Crippen molar-refractivity contribution >= 4 is 5.82 Å². The molecule has 0 atom stereocenters. The largest absolute Gasteiger partial charge is 0.363 e. The normalized spacial score (nSPS) is 11.7. The van der Waals surface area contributed by atoms with E-state index in [-0.39, 0.29) is 11.4 Å². The highest BCUT2D eigenvalue weighted by Crippen LogP contribution is 2.14. The Morgan fingerprint density at radius 1 is 1.26 bits per heavy atom. The summed E-state index contributed by atoms with van der Waals surface area (Å²) in [6.07, 6.45) is 5.07. The van der Waals surface area contributed by atoms with Gasteiger partial charge in [-0.3, -0.25) is 0 Å². The number of nitrogens with one attached hydrogen (secondary N) is 1. The Hall–Kier alpha value is -2.77. The summed E-state index contributed by atoms with van der Waals surface area (Å²) in [4.78, 5) is 3.98. The minimum Gasteiger partial charge on any atom is -0.363 e. The molecule has 0 aromatic carbocycles. The quantitative estimate of drug-likeness (QED) is 0.800. The Labute approximate surface area is 133 Å². The topological polar surface area (TPSA) is 73.5 Å². The average Bonchev–Trinajstić information content (AvgIpc) is 3.14. The Morgan fingerprint density at radius 2 is 2.09 bits per heavy atom. The second kappa shape index (κ2) is 5.79. The Balaban J connectivity index is 1.68. The van der Waals surface area contributed by atoms with Crippen molar-refractivity contribution in [3.05, 3.63) is 48.3 Å². The third-order valence-corrected chi connectivity index (χ3v) is 3.22. The van der Waals surface area contributed by atoms with Crippen LogP contribution in [0.2, 0.25) is 0 Å². The van der Waals surface area contributed by atoms with E-state index in [0.29, 0.717) is 12.4 Å². The molecule has 8 heteroatoms. The van der Waals surface area contributed by atoms with Crippen LogP contribution in [0.3, 0.4) is 0 Å². The van der Waals surface area contributed by atoms with Gasteiger partial charge in [0, 0.05) is 18.5 Å². The second-order valence-electron chi connectivity index (χ2n) is 6.13. The lowest BCUT2D eigenvalue weighted by molar-refractivity contribution is 0.347. The Bertz CT molecular complexity index is 800. The van der Waals surface area contributed by atoms with Crippen LogP contribution < -0.4 is 5.32 Å². The molecule has 0 aliphatic rings. The third kappa shape index (κ3) is 3.36. The van der Waals surface area contributed by atoms with Gasteiger partial charge in [0.2, 0.25) is 0 Å². The smallest absolute Gasteiger partial charge is 0.189 e. The molecule has 0 amide bonds. The standard InChI is InChI=1S/C15H18FN7/c1-15(2,3)23-10-11(19-21-23)9-18-13-6-8-22(20-13)14-12(16)5-4-7-17-14/h4-8,10H,9H2,1-3H3,(H,18,20). The summed E-state index contributed by atoms with van der Waals surface area (Å²) in [5.41, 5.74) is 0.696. The fourth-order valence-corrected chi connectivity index (χ4v) is 1.97. The van der Waals surface area contributed by atoms with Crippen LogP contribution in [-0.2, 0) is 12.1 Å². The SMILES string of the molecule is CC(C)(C)n1cc(CNc2ccn(-c3ncccc3F)n2)nn1. The number of anilines is 1. The van der Waals surface area contributed by atoms with Crippen LogP contribution in [0.4, 0.5) is 10.2 Å². The molecular weight excluding hydrogens is 297 g/mol. The van der Waals surface area contributed by atoms with Crippen LogP contribution in [-0.4, -0.2) is 29.8 Å². The molecule has 0 unspecified atom stereocenters. The van der Waals surface area contributed by atoms with Gasteiger partial charge in [-0.2, -0.15) is 0 Å². The molecule has 0 fully saturated rings. The monoisotopic (exact) mass is 315 g/mol. The summed E-state index contributed by atoms with van der Waals surface area (Å²) in [6, 6.07) is 4.64. The number of aromatic nitrogens is 6. The van der Waals surface area contributed by atoms with Gasteiger partial charge in [0.1, 0.15) is 11.5 Å². The average molecular weight is 315 g/mol. The fraction of sp³-hybridized carbons (Fsp3) is 0.333. The molecule has 3 aromatic heterocycles. The van der Waals surface area contributed by atoms with E-state index in [1.807, 2.05) is 10.9 Å². The highest BCUT2D eigenvalue weighted by molar-refractivity contribution is 5.36. The maximum atomic E-state index is 13.7. The number of hydrogen-bond donors (Lipinski definition) is 1. The van der Waals surface area contributed by atoms with E-state index in [1.54, 1.807) is 18.3 Å². The van der Waals surface area contributed by atoms with Crippen LogP contribution in [0.25, 0.3) is 5.82 Å². The first kappa shape index (κ1) is 15.1. The fourth-order valence-electron chi connectivity index (χ4n) is 1.97. The highest BCUT2D eigenvalue weighted by atomic mass is 19.1. The zero-order valence-electron chi connectivity index (χ0n) is 13.2. The van der Waals surface area contributed by atoms with Gasteiger partial charge in [-0.25, -0.2) is 18.7 Å². The van der Waals surface area contributed by atoms with Gasteiger partial charge in [0.25, 0.3) is 0 Å². The Morgan fingerprint density at radius 3 is 2.78 bits per heavy atom. The van der Waals surface area contributed by atoms with Gasteiger partial charge in [-0.15, -0.1) is 10.2 Å². The van der Waals surface area contributed by atoms with Crippen LogP contribution >= 0.6 is 0 Å². The summed E-state index contributed by atoms with van der Waals surface area (Å²) >= 11 is 0. The van der Waals surface area contributed by atoms with E-state index in [0.717, 1.165) is 5.69 Å². The summed E-state index contributed by atoms with van der Waals surface area (Å²) in [5, 5.41) is 15.6. The lowest BCUT2D eigenvalue weighted by Crippen LogP contribution is -2.22. The molecule has 0 aliphatic heterocycles. The number of nitrogens with zero attached hydrogens (tertiary/aromatic N) is 6. The lowest BCUT2D eigenvalue weighted by atomic mass is 10.1. The molecule has 7 nitrogen and oxygen atoms in total. The van der Waals surface area contributed by atoms with Crippen LogP contribution in [0.15, 0.2) is 36.8 Å². The molecule has 1 N–H and O–H groups in total. The van der Waals surface area contributed by atoms with Crippen molar-refractivity contribution in [2.24, 2.45) is 0 Å². The first-order valence-corrected chi connectivity index (χ1v) is 7.25. The minimum atomic E-state index is -0.421. The van der Waals surface area contributed by atoms with Crippen LogP contribution in [0.1, 0.15) is 26.5 Å². The van der Waals surface area contributed by atoms with Crippen molar-refractivity contribution in [3.63, 3.8) is 0 Å². The van der Waals surface area contributed by atoms with Gasteiger partial charge < -0.3 is 5.32 Å². The van der Waals surface area contributed by atoms with Crippen LogP contribution in [0.5, 0.6) is 0 Å². The lowest BCUT2D eigenvalue weighted by Gasteiger charge is -2.17. The van der Waals surface area contributed by atoms with Crippen molar-refractivity contribution < 1.29 is 4.39 Å². The minimum absolute atomic E-state index is 0.108. The van der Waals surface area contributed by atoms with Crippen LogP contribution in [0, 0.1) is 5.82 Å². The zero-order chi connectivity index (χ0) is 16.4. The van der Waals surface area contributed by atoms with E-state index >= 15 is 0 Å². The molecule has 0 saturated heterocycles. The van der Waals surface area contributed by atoms with E-state index in [9.17, 15) is 4.39 Å². The highest BCUT2D eigenvalue weighted by Gasteiger charge is 2.15. The van der Waals surface area contributed by atoms with E-state index in [4.69, 9.17) is 0 Å². The molecule has 0 saturated carbocycles. The summed E-state index contributed by atoms with van der Waals surface area (Å²) in [6.45, 7) is 6.66. The molecule has 0 bridgehead atoms. The van der Waals surface area contributed by atoms with Crippen molar-refractivity contribution in [3.8, 4) is 5.82 Å². The Kier molecular flexibility index (Phi) is 3.81. The molecule has 0 radical (unpaired) electrons. The number of hydrogen-bond acceptors (Lipinski definition) is 5. The predicted molar refractivity (Wildman–Crippen MR) is 83.7 cm³/mol. The molecule has 23 heavy (non-hydrogen) atoms. The van der Waals surface area contributed by atoms with E-state index in [1.165, 1.54) is 16.9 Å². The molecule has 120 valence electrons. The van der Waals surface area contributed by atoms with Crippen molar-refractivity contribution in [2.45, 2.75) is 32.9 Å². The molecule has 3 heterocycles. The zero-order valence-corrected chi connectivity index (χ0v) is 13.2. The van der Waals surface area contributed by atoms with Gasteiger partial charge in [-0.1, -0.05) is 5.21 Å². The van der Waals surface area contributed by atoms with Gasteiger partial charge in [-0.05, 0) is 32.9 Å². The van der Waals surface area contributed by atoms with Gasteiger partial charge in [0.15, 0.2) is 11.6 Å². The molecular formula is C15H18FN7. The van der Waals surface area contributed by atoms with Crippen molar-refractivity contribution in [1.82, 2.24) is 29.8 Å². The predicted octanol–water partition coefficient (Wildman–Crippen LogP) is 2.37. The van der Waals surface area contributed by atoms with E-state index in [2.05, 4.69) is 46.5 Å². The van der Waals surface area contributed by atoms with Gasteiger partial charge >= 0.3 is 0 Å². The second-order valence-corrected chi connectivity index (χ2v) is 6.13. The summed E-state index contributed by atoms with van der Waals surface area (Å²) in [7, 11) is 0. The molecule has 0 spiro atoms. The first-order valence-electron chi connectivity index (χ1n) is 7.25. The maximum absolute atomic E-state index is 13.7. The summed E-state index contributed by atoms with van der Waals surface area (Å²) < 4.78 is 16.9. The molecule has 0 aliphatic carbocycles. The number of rotatable bonds is 4. The first-order chi connectivity index (χ1) is 10.9. The number of pyridine rings is 1. The number of halogens is 1. The molecule has 3 aromatic rings. The third-order valence-electron chi connectivity index (χ3n) is 3.22. The maximum Gasteiger partial charge on any atom is 0.189 e. The van der Waals surface area contributed by atoms with Crippen molar-refractivity contribution in [2.75, 3.05) is 5.32 Å². The summed E-state index contributed by atoms with van der Waals surface area (Å²) in [5.74, 6) is 0.356. The van der Waals surface area contributed by atoms with Gasteiger partial charge in [0.05, 0.1) is 18.3 Å². The molecule has 3 rings (SSSR count).